The lowest BCUT2D eigenvalue weighted by atomic mass is 10.0. The van der Waals surface area contributed by atoms with Gasteiger partial charge in [-0.3, -0.25) is 13.8 Å². The Hall–Kier alpha value is -2.84. The second-order valence-corrected chi connectivity index (χ2v) is 22.1. The molecule has 0 saturated carbocycles. The maximum absolute atomic E-state index is 13.0. The molecule has 0 rings (SSSR count). The molecule has 0 radical (unpaired) electrons. The van der Waals surface area contributed by atoms with Crippen molar-refractivity contribution in [1.82, 2.24) is 5.32 Å². The van der Waals surface area contributed by atoms with Crippen molar-refractivity contribution in [3.8, 4) is 0 Å². The Bertz CT molecular complexity index is 1540. The summed E-state index contributed by atoms with van der Waals surface area (Å²) in [5.41, 5.74) is 0. The van der Waals surface area contributed by atoms with Gasteiger partial charge in [0.05, 0.1) is 39.9 Å². The van der Waals surface area contributed by atoms with Crippen LogP contribution in [-0.4, -0.2) is 73.4 Å². The molecule has 0 aliphatic carbocycles. The molecule has 3 atom stereocenters. The van der Waals surface area contributed by atoms with Crippen LogP contribution >= 0.6 is 7.82 Å². The van der Waals surface area contributed by atoms with Crippen molar-refractivity contribution < 1.29 is 32.9 Å². The van der Waals surface area contributed by atoms with E-state index in [1.54, 1.807) is 6.08 Å². The number of quaternary nitrogens is 1. The van der Waals surface area contributed by atoms with Crippen molar-refractivity contribution in [1.29, 1.82) is 0 Å². The Morgan fingerprint density at radius 3 is 1.28 bits per heavy atom. The molecule has 1 amide bonds. The molecular weight excluding hydrogens is 912 g/mol. The van der Waals surface area contributed by atoms with E-state index in [4.69, 9.17) is 9.05 Å². The number of allylic oxidation sites excluding steroid dienone is 17. The molecule has 0 bridgehead atoms. The first kappa shape index (κ1) is 69.2. The van der Waals surface area contributed by atoms with Crippen LogP contribution in [0.15, 0.2) is 109 Å². The van der Waals surface area contributed by atoms with Crippen molar-refractivity contribution in [3.63, 3.8) is 0 Å². The van der Waals surface area contributed by atoms with Crippen LogP contribution in [0.3, 0.4) is 0 Å². The molecule has 9 heteroatoms. The highest BCUT2D eigenvalue weighted by Crippen LogP contribution is 2.43. The predicted molar refractivity (Wildman–Crippen MR) is 313 cm³/mol. The molecule has 3 unspecified atom stereocenters. The van der Waals surface area contributed by atoms with E-state index in [1.807, 2.05) is 27.2 Å². The Kier molecular flexibility index (Phi) is 50.9. The molecule has 0 aromatic carbocycles. The minimum atomic E-state index is -4.36. The number of hydrogen-bond donors (Lipinski definition) is 3. The average molecular weight is 1020 g/mol. The Morgan fingerprint density at radius 2 is 0.847 bits per heavy atom. The first-order valence-electron chi connectivity index (χ1n) is 29.3. The molecule has 414 valence electrons. The fourth-order valence-corrected chi connectivity index (χ4v) is 8.66. The molecule has 3 N–H and O–H groups in total. The fraction of sp³-hybridized carbons (Fsp3) is 0.698. The number of amides is 1. The molecule has 72 heavy (non-hydrogen) atoms. The van der Waals surface area contributed by atoms with Gasteiger partial charge in [0.2, 0.25) is 5.91 Å². The number of hydrogen-bond acceptors (Lipinski definition) is 5. The lowest BCUT2D eigenvalue weighted by Crippen LogP contribution is -2.45. The molecule has 0 aromatic heterocycles. The maximum Gasteiger partial charge on any atom is 0.472 e. The third-order valence-electron chi connectivity index (χ3n) is 12.5. The van der Waals surface area contributed by atoms with E-state index in [2.05, 4.69) is 116 Å². The number of rotatable bonds is 52. The van der Waals surface area contributed by atoms with Crippen LogP contribution in [0, 0.1) is 0 Å². The molecule has 0 fully saturated rings. The monoisotopic (exact) mass is 1020 g/mol. The van der Waals surface area contributed by atoms with E-state index in [-0.39, 0.29) is 19.1 Å². The zero-order valence-corrected chi connectivity index (χ0v) is 48.0. The van der Waals surface area contributed by atoms with Crippen LogP contribution in [0.1, 0.15) is 232 Å². The Morgan fingerprint density at radius 1 is 0.486 bits per heavy atom. The molecule has 0 spiro atoms. The van der Waals surface area contributed by atoms with E-state index in [9.17, 15) is 19.4 Å². The van der Waals surface area contributed by atoms with Gasteiger partial charge in [0.1, 0.15) is 13.2 Å². The first-order chi connectivity index (χ1) is 35.0. The largest absolute Gasteiger partial charge is 0.472 e. The maximum atomic E-state index is 13.0. The van der Waals surface area contributed by atoms with E-state index in [1.165, 1.54) is 122 Å². The smallest absolute Gasteiger partial charge is 0.387 e. The van der Waals surface area contributed by atoms with E-state index in [0.29, 0.717) is 17.4 Å². The topological polar surface area (TPSA) is 105 Å². The van der Waals surface area contributed by atoms with Gasteiger partial charge in [-0.1, -0.05) is 245 Å². The van der Waals surface area contributed by atoms with Crippen molar-refractivity contribution >= 4 is 13.7 Å². The summed E-state index contributed by atoms with van der Waals surface area (Å²) < 4.78 is 23.7. The van der Waals surface area contributed by atoms with Gasteiger partial charge in [-0.2, -0.15) is 0 Å². The summed E-state index contributed by atoms with van der Waals surface area (Å²) in [6, 6.07) is -0.875. The van der Waals surface area contributed by atoms with Crippen LogP contribution in [0.4, 0.5) is 0 Å². The van der Waals surface area contributed by atoms with Gasteiger partial charge in [0.15, 0.2) is 0 Å². The molecule has 0 aliphatic heterocycles. The van der Waals surface area contributed by atoms with Crippen LogP contribution in [0.2, 0.25) is 0 Å². The van der Waals surface area contributed by atoms with Crippen LogP contribution < -0.4 is 5.32 Å². The third kappa shape index (κ3) is 54.9. The van der Waals surface area contributed by atoms with Gasteiger partial charge in [-0.15, -0.1) is 0 Å². The number of phosphoric acid groups is 1. The number of carbonyl (C=O) groups is 1. The molecule has 0 aliphatic rings. The highest BCUT2D eigenvalue weighted by Gasteiger charge is 2.27. The van der Waals surface area contributed by atoms with Gasteiger partial charge in [0.25, 0.3) is 0 Å². The molecule has 0 saturated heterocycles. The van der Waals surface area contributed by atoms with E-state index >= 15 is 0 Å². The van der Waals surface area contributed by atoms with Gasteiger partial charge < -0.3 is 19.8 Å². The number of phosphoric ester groups is 1. The van der Waals surface area contributed by atoms with Crippen molar-refractivity contribution in [3.05, 3.63) is 109 Å². The summed E-state index contributed by atoms with van der Waals surface area (Å²) in [7, 11) is 1.54. The zero-order valence-electron chi connectivity index (χ0n) is 47.1. The van der Waals surface area contributed by atoms with E-state index < -0.39 is 20.0 Å². The molecule has 0 aromatic rings. The summed E-state index contributed by atoms with van der Waals surface area (Å²) in [6.07, 6.45) is 77.6. The van der Waals surface area contributed by atoms with Gasteiger partial charge in [-0.05, 0) is 89.9 Å². The zero-order chi connectivity index (χ0) is 52.7. The predicted octanol–water partition coefficient (Wildman–Crippen LogP) is 18.0. The fourth-order valence-electron chi connectivity index (χ4n) is 7.92. The van der Waals surface area contributed by atoms with Gasteiger partial charge >= 0.3 is 7.82 Å². The summed E-state index contributed by atoms with van der Waals surface area (Å²) in [4.78, 5) is 23.3. The van der Waals surface area contributed by atoms with Crippen LogP contribution in [0.5, 0.6) is 0 Å². The molecular formula is C63H112N2O6P+. The first-order valence-corrected chi connectivity index (χ1v) is 30.8. The second kappa shape index (κ2) is 53.0. The summed E-state index contributed by atoms with van der Waals surface area (Å²) in [5, 5.41) is 13.9. The minimum Gasteiger partial charge on any atom is -0.387 e. The molecule has 0 heterocycles. The lowest BCUT2D eigenvalue weighted by molar-refractivity contribution is -0.870. The van der Waals surface area contributed by atoms with Crippen molar-refractivity contribution in [2.24, 2.45) is 0 Å². The number of aliphatic hydroxyl groups is 1. The number of carbonyl (C=O) groups excluding carboxylic acids is 1. The van der Waals surface area contributed by atoms with Crippen molar-refractivity contribution in [2.45, 2.75) is 244 Å². The average Bonchev–Trinajstić information content (AvgIpc) is 3.34. The van der Waals surface area contributed by atoms with Gasteiger partial charge in [-0.25, -0.2) is 4.57 Å². The second-order valence-electron chi connectivity index (χ2n) is 20.6. The summed E-state index contributed by atoms with van der Waals surface area (Å²) in [5.74, 6) is -0.197. The highest BCUT2D eigenvalue weighted by atomic mass is 31.2. The van der Waals surface area contributed by atoms with Crippen LogP contribution in [-0.2, 0) is 18.4 Å². The highest BCUT2D eigenvalue weighted by molar-refractivity contribution is 7.47. The minimum absolute atomic E-state index is 0.0497. The quantitative estimate of drug-likeness (QED) is 0.0243. The summed E-state index contributed by atoms with van der Waals surface area (Å²) >= 11 is 0. The van der Waals surface area contributed by atoms with Crippen LogP contribution in [0.25, 0.3) is 0 Å². The number of unbranched alkanes of at least 4 members (excludes halogenated alkanes) is 23. The standard InChI is InChI=1S/C63H111N2O6P/c1-6-8-10-12-14-16-18-20-22-24-26-27-28-29-30-31-32-33-34-35-36-37-39-41-43-45-47-49-51-53-55-57-63(67)64-61(60-71-72(68,69)70-59-58-65(3,4)5)62(66)56-54-52-50-48-46-44-42-40-38-25-23-21-19-17-15-13-11-9-7-2/h8,10,14,16,20,22,26-27,29-30,32-33,35-36,46,48,54,56,61-62,66H,6-7,9,11-13,15,17-19,21,23-25,28,31,34,37-45,47,49-53,55,57-60H2,1-5H3,(H-,64,67,68,69)/p+1/b10-8-,16-14-,22-20-,27-26-,30-29-,33-32-,36-35-,48-46+,56-54+. The Labute approximate surface area is 444 Å². The third-order valence-corrected chi connectivity index (χ3v) is 13.5. The van der Waals surface area contributed by atoms with Gasteiger partial charge in [0, 0.05) is 6.42 Å². The Balaban J connectivity index is 4.26. The number of likely N-dealkylation sites (N-methyl/N-ethyl adjacent to an activating group) is 1. The van der Waals surface area contributed by atoms with E-state index in [0.717, 1.165) is 89.9 Å². The lowest BCUT2D eigenvalue weighted by Gasteiger charge is -2.25. The number of nitrogens with one attached hydrogen (secondary N) is 1. The molecule has 8 nitrogen and oxygen atoms in total. The SMILES string of the molecule is CC/C=C\C/C=C\C/C=C\C/C=C\C/C=C\C/C=C\C/C=C\CCCCCCCCCCCC(=O)NC(COP(=O)(O)OCC[N+](C)(C)C)C(O)/C=C/CC/C=C/CCCCCCCCCCCCCCC. The summed E-state index contributed by atoms with van der Waals surface area (Å²) in [6.45, 7) is 4.67. The number of aliphatic hydroxyl groups excluding tert-OH is 1. The van der Waals surface area contributed by atoms with Crippen molar-refractivity contribution in [2.75, 3.05) is 40.9 Å². The normalized spacial score (nSPS) is 14.7. The number of nitrogens with zero attached hydrogens (tertiary/aromatic N) is 1.